The molecule has 0 atom stereocenters. The summed E-state index contributed by atoms with van der Waals surface area (Å²) < 4.78 is 47.7. The van der Waals surface area contributed by atoms with Crippen molar-refractivity contribution in [3.8, 4) is 28.7 Å². The van der Waals surface area contributed by atoms with Crippen LogP contribution in [0.4, 0.5) is 19.0 Å². The SMILES string of the molecule is Cc1cc(-c2nc(-c3ccc(OC(F)(F)F)cc3)no2)nn1Cc1ccc(N=[N+]=N)nc1. The van der Waals surface area contributed by atoms with Crippen molar-refractivity contribution < 1.29 is 22.4 Å². The van der Waals surface area contributed by atoms with Gasteiger partial charge in [-0.05, 0) is 48.9 Å². The van der Waals surface area contributed by atoms with Crippen molar-refractivity contribution >= 4 is 5.82 Å². The molecule has 1 aromatic carbocycles. The zero-order chi connectivity index (χ0) is 22.7. The zero-order valence-electron chi connectivity index (χ0n) is 16.4. The molecule has 1 N–H and O–H groups in total. The molecule has 162 valence electrons. The normalized spacial score (nSPS) is 11.2. The number of benzene rings is 1. The highest BCUT2D eigenvalue weighted by molar-refractivity contribution is 5.58. The molecule has 10 nitrogen and oxygen atoms in total. The van der Waals surface area contributed by atoms with Gasteiger partial charge >= 0.3 is 6.36 Å². The number of rotatable bonds is 6. The quantitative estimate of drug-likeness (QED) is 0.347. The molecule has 0 amide bonds. The van der Waals surface area contributed by atoms with Crippen LogP contribution in [0.3, 0.4) is 0 Å². The van der Waals surface area contributed by atoms with E-state index in [2.05, 4.69) is 35.0 Å². The second-order valence-electron chi connectivity index (χ2n) is 6.55. The molecule has 0 aliphatic rings. The molecular weight excluding hydrogens is 429 g/mol. The van der Waals surface area contributed by atoms with Crippen molar-refractivity contribution in [1.29, 1.82) is 5.53 Å². The Kier molecular flexibility index (Phi) is 5.48. The fourth-order valence-electron chi connectivity index (χ4n) is 2.82. The summed E-state index contributed by atoms with van der Waals surface area (Å²) in [6.45, 7) is 2.29. The molecule has 0 radical (unpaired) electrons. The van der Waals surface area contributed by atoms with Gasteiger partial charge in [0.05, 0.1) is 6.54 Å². The fourth-order valence-corrected chi connectivity index (χ4v) is 2.82. The number of halogens is 3. The third-order valence-electron chi connectivity index (χ3n) is 4.27. The van der Waals surface area contributed by atoms with Gasteiger partial charge in [0.2, 0.25) is 16.6 Å². The van der Waals surface area contributed by atoms with Gasteiger partial charge in [0.15, 0.2) is 10.8 Å². The Hall–Kier alpha value is -4.38. The molecule has 0 fully saturated rings. The molecular formula is C19H14F3N8O2+. The van der Waals surface area contributed by atoms with Crippen molar-refractivity contribution in [3.05, 3.63) is 59.9 Å². The highest BCUT2D eigenvalue weighted by atomic mass is 19.4. The maximum absolute atomic E-state index is 12.3. The Morgan fingerprint density at radius 3 is 2.62 bits per heavy atom. The maximum atomic E-state index is 12.3. The predicted molar refractivity (Wildman–Crippen MR) is 103 cm³/mol. The van der Waals surface area contributed by atoms with Crippen LogP contribution < -0.4 is 9.65 Å². The minimum Gasteiger partial charge on any atom is -0.406 e. The highest BCUT2D eigenvalue weighted by Gasteiger charge is 2.31. The predicted octanol–water partition coefficient (Wildman–Crippen LogP) is 4.43. The molecule has 4 rings (SSSR count). The van der Waals surface area contributed by atoms with Crippen LogP contribution in [-0.4, -0.2) is 31.3 Å². The van der Waals surface area contributed by atoms with Gasteiger partial charge in [-0.2, -0.15) is 10.1 Å². The van der Waals surface area contributed by atoms with E-state index in [1.807, 2.05) is 6.92 Å². The Morgan fingerprint density at radius 1 is 1.19 bits per heavy atom. The van der Waals surface area contributed by atoms with E-state index in [1.54, 1.807) is 29.1 Å². The first-order chi connectivity index (χ1) is 15.3. The highest BCUT2D eigenvalue weighted by Crippen LogP contribution is 2.27. The van der Waals surface area contributed by atoms with Gasteiger partial charge in [0.1, 0.15) is 11.3 Å². The van der Waals surface area contributed by atoms with E-state index >= 15 is 0 Å². The van der Waals surface area contributed by atoms with Crippen LogP contribution >= 0.6 is 0 Å². The van der Waals surface area contributed by atoms with Gasteiger partial charge < -0.3 is 9.26 Å². The van der Waals surface area contributed by atoms with E-state index in [1.165, 1.54) is 24.3 Å². The largest absolute Gasteiger partial charge is 0.573 e. The second-order valence-corrected chi connectivity index (χ2v) is 6.55. The van der Waals surface area contributed by atoms with E-state index in [0.29, 0.717) is 23.6 Å². The summed E-state index contributed by atoms with van der Waals surface area (Å²) in [5.41, 5.74) is 9.33. The first-order valence-corrected chi connectivity index (χ1v) is 9.08. The van der Waals surface area contributed by atoms with Crippen LogP contribution in [-0.2, 0) is 6.54 Å². The first-order valence-electron chi connectivity index (χ1n) is 9.08. The Balaban J connectivity index is 1.50. The number of nitrogens with zero attached hydrogens (tertiary/aromatic N) is 7. The molecule has 0 bridgehead atoms. The minimum atomic E-state index is -4.76. The molecule has 3 heterocycles. The topological polar surface area (TPSA) is 129 Å². The van der Waals surface area contributed by atoms with Gasteiger partial charge in [-0.1, -0.05) is 11.2 Å². The molecule has 32 heavy (non-hydrogen) atoms. The van der Waals surface area contributed by atoms with Crippen LogP contribution in [0.2, 0.25) is 0 Å². The summed E-state index contributed by atoms with van der Waals surface area (Å²) in [4.78, 5) is 11.3. The molecule has 4 aromatic rings. The molecule has 0 unspecified atom stereocenters. The second kappa shape index (κ2) is 8.40. The van der Waals surface area contributed by atoms with Crippen molar-refractivity contribution in [2.75, 3.05) is 0 Å². The van der Waals surface area contributed by atoms with Crippen LogP contribution in [0.25, 0.3) is 23.0 Å². The molecule has 0 saturated carbocycles. The van der Waals surface area contributed by atoms with Crippen LogP contribution in [0.1, 0.15) is 11.3 Å². The number of aromatic nitrogens is 5. The van der Waals surface area contributed by atoms with Gasteiger partial charge in [-0.15, -0.1) is 13.2 Å². The van der Waals surface area contributed by atoms with Gasteiger partial charge in [0.25, 0.3) is 5.89 Å². The van der Waals surface area contributed by atoms with Crippen molar-refractivity contribution in [1.82, 2.24) is 29.8 Å². The molecule has 0 aliphatic carbocycles. The average molecular weight is 443 g/mol. The van der Waals surface area contributed by atoms with Gasteiger partial charge in [-0.3, -0.25) is 4.68 Å². The third-order valence-corrected chi connectivity index (χ3v) is 4.27. The summed E-state index contributed by atoms with van der Waals surface area (Å²) in [6.07, 6.45) is -3.15. The van der Waals surface area contributed by atoms with Crippen LogP contribution in [0, 0.1) is 12.5 Å². The Morgan fingerprint density at radius 2 is 1.97 bits per heavy atom. The summed E-state index contributed by atoms with van der Waals surface area (Å²) >= 11 is 0. The van der Waals surface area contributed by atoms with Crippen molar-refractivity contribution in [3.63, 3.8) is 0 Å². The number of nitrogens with one attached hydrogen (secondary N) is 1. The molecule has 0 saturated heterocycles. The van der Waals surface area contributed by atoms with Crippen LogP contribution in [0.15, 0.2) is 58.3 Å². The lowest BCUT2D eigenvalue weighted by Gasteiger charge is -2.08. The molecule has 13 heteroatoms. The smallest absolute Gasteiger partial charge is 0.406 e. The van der Waals surface area contributed by atoms with Crippen molar-refractivity contribution in [2.45, 2.75) is 19.8 Å². The summed E-state index contributed by atoms with van der Waals surface area (Å²) in [7, 11) is 0. The van der Waals surface area contributed by atoms with E-state index in [0.717, 1.165) is 11.3 Å². The van der Waals surface area contributed by atoms with Gasteiger partial charge in [0, 0.05) is 17.5 Å². The van der Waals surface area contributed by atoms with Crippen LogP contribution in [0.5, 0.6) is 5.75 Å². The summed E-state index contributed by atoms with van der Waals surface area (Å²) in [5.74, 6) is 0.360. The number of alkyl halides is 3. The van der Waals surface area contributed by atoms with E-state index in [4.69, 9.17) is 10.1 Å². The van der Waals surface area contributed by atoms with E-state index in [9.17, 15) is 13.2 Å². The Bertz CT molecular complexity index is 1270. The van der Waals surface area contributed by atoms with Crippen molar-refractivity contribution in [2.24, 2.45) is 5.11 Å². The average Bonchev–Trinajstić information content (AvgIpc) is 3.37. The first kappa shape index (κ1) is 20.9. The maximum Gasteiger partial charge on any atom is 0.573 e. The minimum absolute atomic E-state index is 0.168. The lowest BCUT2D eigenvalue weighted by atomic mass is 10.2. The molecule has 0 aliphatic heterocycles. The monoisotopic (exact) mass is 443 g/mol. The Labute approximate surface area is 177 Å². The standard InChI is InChI=1S/C19H14F3N8O2/c1-11-8-15(27-30(11)10-12-2-7-16(24-9-12)26-29-23)18-25-17(28-32-18)13-3-5-14(6-4-13)31-19(20,21)22/h2-9,23H,10H2,1H3/q+1. The lowest BCUT2D eigenvalue weighted by Crippen LogP contribution is -2.16. The number of hydrogen-bond acceptors (Lipinski definition) is 8. The fraction of sp³-hybridized carbons (Fsp3) is 0.158. The molecule has 3 aromatic heterocycles. The molecule has 0 spiro atoms. The van der Waals surface area contributed by atoms with E-state index in [-0.39, 0.29) is 17.5 Å². The van der Waals surface area contributed by atoms with Gasteiger partial charge in [-0.25, -0.2) is 4.98 Å². The lowest BCUT2D eigenvalue weighted by molar-refractivity contribution is -0.274. The summed E-state index contributed by atoms with van der Waals surface area (Å²) in [6, 6.07) is 10.4. The van der Waals surface area contributed by atoms with E-state index < -0.39 is 6.36 Å². The number of hydrogen-bond donors (Lipinski definition) is 1. The number of ether oxygens (including phenoxy) is 1. The zero-order valence-corrected chi connectivity index (χ0v) is 16.4. The summed E-state index contributed by atoms with van der Waals surface area (Å²) in [5, 5.41) is 11.9. The number of aryl methyl sites for hydroxylation is 1. The third kappa shape index (κ3) is 4.84. The number of pyridine rings is 1.